The minimum absolute atomic E-state index is 0.0157. The number of piperidine rings is 3. The number of hydrogen-bond acceptors (Lipinski definition) is 11. The molecule has 3 unspecified atom stereocenters. The van der Waals surface area contributed by atoms with Gasteiger partial charge in [0.1, 0.15) is 6.04 Å². The first-order valence-electron chi connectivity index (χ1n) is 22.7. The molecule has 0 aliphatic carbocycles. The number of likely N-dealkylation sites (tertiary alicyclic amines) is 1. The number of hydrogen-bond donors (Lipinski definition) is 6. The van der Waals surface area contributed by atoms with E-state index >= 15 is 0 Å². The fourth-order valence-corrected chi connectivity index (χ4v) is 9.55. The summed E-state index contributed by atoms with van der Waals surface area (Å²) in [5.41, 5.74) is 3.99. The van der Waals surface area contributed by atoms with E-state index in [0.29, 0.717) is 25.4 Å². The summed E-state index contributed by atoms with van der Waals surface area (Å²) in [7, 11) is 0. The van der Waals surface area contributed by atoms with E-state index in [9.17, 15) is 33.9 Å². The Morgan fingerprint density at radius 3 is 2.34 bits per heavy atom. The Morgan fingerprint density at radius 1 is 0.820 bits per heavy atom. The third kappa shape index (κ3) is 11.8. The lowest BCUT2D eigenvalue weighted by Gasteiger charge is -2.37. The minimum Gasteiger partial charge on any atom is -0.390 e. The highest BCUT2D eigenvalue weighted by Gasteiger charge is 2.44. The second-order valence-corrected chi connectivity index (χ2v) is 17.6. The zero-order valence-electron chi connectivity index (χ0n) is 35.4. The number of nitrogens with one attached hydrogen (secondary N) is 5. The smallest absolute Gasteiger partial charge is 0.262 e. The van der Waals surface area contributed by atoms with Gasteiger partial charge >= 0.3 is 0 Å². The van der Waals surface area contributed by atoms with E-state index < -0.39 is 35.8 Å². The quantitative estimate of drug-likeness (QED) is 0.0901. The Morgan fingerprint density at radius 2 is 1.56 bits per heavy atom. The maximum Gasteiger partial charge on any atom is 0.262 e. The molecule has 6 N–H and O–H groups in total. The first kappa shape index (κ1) is 44.4. The number of unbranched alkanes of at least 4 members (excludes halogenated alkanes) is 6. The summed E-state index contributed by atoms with van der Waals surface area (Å²) in [5.74, 6) is -1.86. The Kier molecular flexibility index (Phi) is 15.6. The molecule has 4 atom stereocenters. The second kappa shape index (κ2) is 21.4. The van der Waals surface area contributed by atoms with Gasteiger partial charge in [-0.2, -0.15) is 0 Å². The molecule has 61 heavy (non-hydrogen) atoms. The number of benzene rings is 2. The molecule has 0 spiro atoms. The maximum atomic E-state index is 13.1. The lowest BCUT2D eigenvalue weighted by Crippen LogP contribution is -2.56. The number of imide groups is 2. The van der Waals surface area contributed by atoms with Crippen LogP contribution in [-0.4, -0.2) is 125 Å². The maximum absolute atomic E-state index is 13.1. The lowest BCUT2D eigenvalue weighted by atomic mass is 9.93. The van der Waals surface area contributed by atoms with Crippen molar-refractivity contribution >= 4 is 41.1 Å². The van der Waals surface area contributed by atoms with Crippen LogP contribution in [0.5, 0.6) is 0 Å². The van der Waals surface area contributed by atoms with Crippen molar-refractivity contribution in [2.24, 2.45) is 5.92 Å². The van der Waals surface area contributed by atoms with Gasteiger partial charge in [0, 0.05) is 76.3 Å². The van der Waals surface area contributed by atoms with Crippen LogP contribution >= 0.6 is 0 Å². The Labute approximate surface area is 359 Å². The highest BCUT2D eigenvalue weighted by Crippen LogP contribution is 2.30. The molecule has 6 amide bonds. The van der Waals surface area contributed by atoms with Gasteiger partial charge in [0.05, 0.1) is 23.4 Å². The lowest BCUT2D eigenvalue weighted by molar-refractivity contribution is -0.136. The standard InChI is InChI=1S/C46H64N8O7/c55-36(30-52-23-18-31-10-7-8-11-33(31)29-52)28-49-43(58)32-17-22-48-40(26-32)50-34-19-24-53(25-20-34)42(57)12-6-4-2-1-3-5-9-21-47-35-13-14-37-38(27-35)46(61)54(45(37)60)39-15-16-41(56)51-44(39)59/h7-8,10-11,13-14,27,32,34,36,39-40,47-48,50,55H,1-6,9,12,15-26,28-30H2,(H,49,58)(H,51,56,59)/t32?,36-,39?,40?/m0/s1. The third-order valence-electron chi connectivity index (χ3n) is 13.1. The first-order chi connectivity index (χ1) is 29.6. The van der Waals surface area contributed by atoms with Crippen LogP contribution in [0.1, 0.15) is 122 Å². The van der Waals surface area contributed by atoms with Gasteiger partial charge in [-0.15, -0.1) is 0 Å². The molecule has 2 aromatic carbocycles. The van der Waals surface area contributed by atoms with Crippen LogP contribution in [0.3, 0.4) is 0 Å². The Bertz CT molecular complexity index is 1900. The second-order valence-electron chi connectivity index (χ2n) is 17.6. The number of amides is 6. The molecule has 15 nitrogen and oxygen atoms in total. The largest absolute Gasteiger partial charge is 0.390 e. The fraction of sp³-hybridized carbons (Fsp3) is 0.609. The SMILES string of the molecule is O=C1CCC(N2C(=O)c3ccc(NCCCCCCCCCC(=O)N4CCC(NC5CC(C(=O)NC[C@H](O)CN6CCc7ccccc7C6)CCN5)CC4)cc3C2=O)C(=O)N1. The molecule has 5 aliphatic heterocycles. The van der Waals surface area contributed by atoms with Crippen LogP contribution < -0.4 is 26.6 Å². The Hall–Kier alpha value is -4.70. The number of aliphatic hydroxyl groups is 1. The summed E-state index contributed by atoms with van der Waals surface area (Å²) in [5, 5.41) is 26.5. The van der Waals surface area contributed by atoms with Crippen molar-refractivity contribution in [3.05, 3.63) is 64.7 Å². The number of β-amino-alcohol motifs (C(OH)–C–C–N with tert-alkyl or cyclic N) is 1. The topological polar surface area (TPSA) is 193 Å². The number of aliphatic hydroxyl groups excluding tert-OH is 1. The highest BCUT2D eigenvalue weighted by atomic mass is 16.3. The first-order valence-corrected chi connectivity index (χ1v) is 22.7. The molecular weight excluding hydrogens is 777 g/mol. The summed E-state index contributed by atoms with van der Waals surface area (Å²) < 4.78 is 0. The summed E-state index contributed by atoms with van der Waals surface area (Å²) in [6.07, 6.45) is 11.8. The summed E-state index contributed by atoms with van der Waals surface area (Å²) in [4.78, 5) is 81.1. The van der Waals surface area contributed by atoms with Gasteiger partial charge in [-0.25, -0.2) is 0 Å². The highest BCUT2D eigenvalue weighted by molar-refractivity contribution is 6.23. The molecule has 0 bridgehead atoms. The molecule has 3 fully saturated rings. The van der Waals surface area contributed by atoms with Crippen LogP contribution in [0, 0.1) is 5.92 Å². The molecule has 2 aromatic rings. The van der Waals surface area contributed by atoms with Gasteiger partial charge in [0.25, 0.3) is 11.8 Å². The monoisotopic (exact) mass is 840 g/mol. The average Bonchev–Trinajstić information content (AvgIpc) is 3.51. The molecule has 330 valence electrons. The van der Waals surface area contributed by atoms with E-state index in [1.165, 1.54) is 11.1 Å². The molecule has 0 aromatic heterocycles. The molecule has 3 saturated heterocycles. The molecule has 5 aliphatic rings. The van der Waals surface area contributed by atoms with E-state index in [2.05, 4.69) is 55.7 Å². The zero-order valence-corrected chi connectivity index (χ0v) is 35.4. The van der Waals surface area contributed by atoms with E-state index in [4.69, 9.17) is 0 Å². The van der Waals surface area contributed by atoms with E-state index in [0.717, 1.165) is 120 Å². The number of anilines is 1. The van der Waals surface area contributed by atoms with Gasteiger partial charge < -0.3 is 26.0 Å². The summed E-state index contributed by atoms with van der Waals surface area (Å²) in [6, 6.07) is 12.9. The Balaban J connectivity index is 0.694. The van der Waals surface area contributed by atoms with Gasteiger partial charge in [0.15, 0.2) is 0 Å². The molecule has 0 saturated carbocycles. The number of rotatable bonds is 19. The van der Waals surface area contributed by atoms with Crippen LogP contribution in [0.4, 0.5) is 5.69 Å². The van der Waals surface area contributed by atoms with Crippen LogP contribution in [0.15, 0.2) is 42.5 Å². The number of nitrogens with zero attached hydrogens (tertiary/aromatic N) is 3. The van der Waals surface area contributed by atoms with Crippen molar-refractivity contribution in [3.8, 4) is 0 Å². The van der Waals surface area contributed by atoms with E-state index in [1.807, 2.05) is 4.90 Å². The molecule has 7 rings (SSSR count). The molecule has 5 heterocycles. The molecule has 0 radical (unpaired) electrons. The van der Waals surface area contributed by atoms with Crippen molar-refractivity contribution in [2.45, 2.75) is 127 Å². The minimum atomic E-state index is -0.972. The van der Waals surface area contributed by atoms with Crippen molar-refractivity contribution < 1.29 is 33.9 Å². The van der Waals surface area contributed by atoms with Gasteiger partial charge in [-0.3, -0.25) is 49.2 Å². The van der Waals surface area contributed by atoms with E-state index in [-0.39, 0.29) is 54.4 Å². The predicted molar refractivity (Wildman–Crippen MR) is 230 cm³/mol. The van der Waals surface area contributed by atoms with Crippen molar-refractivity contribution in [2.75, 3.05) is 51.1 Å². The van der Waals surface area contributed by atoms with Gasteiger partial charge in [-0.05, 0) is 87.2 Å². The number of carbonyl (C=O) groups excluding carboxylic acids is 6. The third-order valence-corrected chi connectivity index (χ3v) is 13.1. The number of carbonyl (C=O) groups is 6. The predicted octanol–water partition coefficient (Wildman–Crippen LogP) is 3.06. The van der Waals surface area contributed by atoms with Crippen molar-refractivity contribution in [1.29, 1.82) is 0 Å². The zero-order chi connectivity index (χ0) is 42.7. The van der Waals surface area contributed by atoms with E-state index in [1.54, 1.807) is 18.2 Å². The summed E-state index contributed by atoms with van der Waals surface area (Å²) in [6.45, 7) is 5.56. The van der Waals surface area contributed by atoms with Gasteiger partial charge in [-0.1, -0.05) is 56.4 Å². The molecular formula is C46H64N8O7. The number of fused-ring (bicyclic) bond motifs is 2. The molecule has 15 heteroatoms. The average molecular weight is 841 g/mol. The van der Waals surface area contributed by atoms with Crippen LogP contribution in [0.25, 0.3) is 0 Å². The van der Waals surface area contributed by atoms with Gasteiger partial charge in [0.2, 0.25) is 23.6 Å². The van der Waals surface area contributed by atoms with Crippen LogP contribution in [-0.2, 0) is 32.1 Å². The van der Waals surface area contributed by atoms with Crippen molar-refractivity contribution in [1.82, 2.24) is 36.0 Å². The van der Waals surface area contributed by atoms with Crippen molar-refractivity contribution in [3.63, 3.8) is 0 Å². The normalized spacial score (nSPS) is 22.7. The fourth-order valence-electron chi connectivity index (χ4n) is 9.55. The van der Waals surface area contributed by atoms with Crippen LogP contribution in [0.2, 0.25) is 0 Å². The summed E-state index contributed by atoms with van der Waals surface area (Å²) >= 11 is 0.